The zero-order valence-corrected chi connectivity index (χ0v) is 15.1. The quantitative estimate of drug-likeness (QED) is 0.682. The molecule has 0 saturated heterocycles. The van der Waals surface area contributed by atoms with Crippen LogP contribution >= 0.6 is 0 Å². The number of nitrogens with zero attached hydrogens (tertiary/aromatic N) is 3. The molecule has 1 heterocycles. The number of sulfonamides is 1. The van der Waals surface area contributed by atoms with E-state index < -0.39 is 10.0 Å². The first kappa shape index (κ1) is 17.4. The first-order valence-corrected chi connectivity index (χ1v) is 9.59. The van der Waals surface area contributed by atoms with Crippen LogP contribution in [0.25, 0.3) is 11.3 Å². The third kappa shape index (κ3) is 3.65. The summed E-state index contributed by atoms with van der Waals surface area (Å²) in [6.07, 6.45) is 1.57. The van der Waals surface area contributed by atoms with Crippen LogP contribution in [0.5, 0.6) is 0 Å². The molecule has 0 N–H and O–H groups in total. The Morgan fingerprint density at radius 2 is 1.60 bits per heavy atom. The highest BCUT2D eigenvalue weighted by molar-refractivity contribution is 7.89. The van der Waals surface area contributed by atoms with Gasteiger partial charge in [-0.1, -0.05) is 67.6 Å². The van der Waals surface area contributed by atoms with Crippen LogP contribution < -0.4 is 0 Å². The Morgan fingerprint density at radius 3 is 2.20 bits per heavy atom. The molecule has 0 aliphatic heterocycles. The predicted molar refractivity (Wildman–Crippen MR) is 98.4 cm³/mol. The Bertz CT molecular complexity index is 935. The molecule has 0 fully saturated rings. The van der Waals surface area contributed by atoms with E-state index in [1.54, 1.807) is 17.9 Å². The van der Waals surface area contributed by atoms with Gasteiger partial charge in [0.1, 0.15) is 10.6 Å². The second kappa shape index (κ2) is 7.21. The van der Waals surface area contributed by atoms with E-state index in [1.807, 2.05) is 67.6 Å². The molecule has 0 atom stereocenters. The SMILES string of the molecule is CCN(Cc1ccccc1)S(=O)(=O)c1cn(C)nc1-c1ccccc1. The normalized spacial score (nSPS) is 11.8. The highest BCUT2D eigenvalue weighted by Gasteiger charge is 2.29. The molecular weight excluding hydrogens is 334 g/mol. The number of benzene rings is 2. The number of hydrogen-bond donors (Lipinski definition) is 0. The van der Waals surface area contributed by atoms with E-state index in [0.29, 0.717) is 18.8 Å². The van der Waals surface area contributed by atoms with E-state index in [0.717, 1.165) is 11.1 Å². The smallest absolute Gasteiger partial charge is 0.247 e. The maximum absolute atomic E-state index is 13.2. The van der Waals surface area contributed by atoms with Crippen LogP contribution in [0.1, 0.15) is 12.5 Å². The van der Waals surface area contributed by atoms with Crippen LogP contribution in [0.3, 0.4) is 0 Å². The van der Waals surface area contributed by atoms with Gasteiger partial charge in [-0.3, -0.25) is 4.68 Å². The lowest BCUT2D eigenvalue weighted by Gasteiger charge is -2.20. The zero-order valence-electron chi connectivity index (χ0n) is 14.3. The highest BCUT2D eigenvalue weighted by atomic mass is 32.2. The van der Waals surface area contributed by atoms with Crippen LogP contribution in [-0.2, 0) is 23.6 Å². The summed E-state index contributed by atoms with van der Waals surface area (Å²) in [5.74, 6) is 0. The van der Waals surface area contributed by atoms with Crippen molar-refractivity contribution in [1.82, 2.24) is 14.1 Å². The Labute approximate surface area is 148 Å². The number of rotatable bonds is 6. The lowest BCUT2D eigenvalue weighted by molar-refractivity contribution is 0.423. The molecule has 0 bridgehead atoms. The standard InChI is InChI=1S/C19H21N3O2S/c1-3-22(14-16-10-6-4-7-11-16)25(23,24)18-15-21(2)20-19(18)17-12-8-5-9-13-17/h4-13,15H,3,14H2,1-2H3. The topological polar surface area (TPSA) is 55.2 Å². The summed E-state index contributed by atoms with van der Waals surface area (Å²) in [4.78, 5) is 0.235. The Hall–Kier alpha value is -2.44. The highest BCUT2D eigenvalue weighted by Crippen LogP contribution is 2.28. The molecule has 6 heteroatoms. The summed E-state index contributed by atoms with van der Waals surface area (Å²) >= 11 is 0. The van der Waals surface area contributed by atoms with E-state index in [1.165, 1.54) is 4.31 Å². The van der Waals surface area contributed by atoms with Gasteiger partial charge in [-0.2, -0.15) is 9.40 Å². The Kier molecular flexibility index (Phi) is 5.01. The van der Waals surface area contributed by atoms with Gasteiger partial charge in [-0.15, -0.1) is 0 Å². The van der Waals surface area contributed by atoms with E-state index in [9.17, 15) is 8.42 Å². The fraction of sp³-hybridized carbons (Fsp3) is 0.211. The van der Waals surface area contributed by atoms with Gasteiger partial charge in [0.25, 0.3) is 0 Å². The van der Waals surface area contributed by atoms with Crippen LogP contribution in [0.2, 0.25) is 0 Å². The van der Waals surface area contributed by atoms with Gasteiger partial charge in [0.05, 0.1) is 0 Å². The minimum atomic E-state index is -3.66. The van der Waals surface area contributed by atoms with Gasteiger partial charge in [0.2, 0.25) is 10.0 Å². The van der Waals surface area contributed by atoms with Crippen molar-refractivity contribution >= 4 is 10.0 Å². The molecule has 3 rings (SSSR count). The molecular formula is C19H21N3O2S. The van der Waals surface area contributed by atoms with Gasteiger partial charge in [0, 0.05) is 31.9 Å². The predicted octanol–water partition coefficient (Wildman–Crippen LogP) is 3.30. The molecule has 0 aliphatic carbocycles. The van der Waals surface area contributed by atoms with Crippen molar-refractivity contribution in [3.05, 3.63) is 72.4 Å². The van der Waals surface area contributed by atoms with Gasteiger partial charge in [0.15, 0.2) is 0 Å². The van der Waals surface area contributed by atoms with Crippen molar-refractivity contribution in [2.75, 3.05) is 6.54 Å². The monoisotopic (exact) mass is 355 g/mol. The molecule has 130 valence electrons. The summed E-state index contributed by atoms with van der Waals surface area (Å²) in [7, 11) is -1.92. The van der Waals surface area contributed by atoms with Crippen LogP contribution in [0.4, 0.5) is 0 Å². The van der Waals surface area contributed by atoms with Gasteiger partial charge in [-0.05, 0) is 5.56 Å². The first-order valence-electron chi connectivity index (χ1n) is 8.15. The molecule has 25 heavy (non-hydrogen) atoms. The van der Waals surface area contributed by atoms with Crippen molar-refractivity contribution in [2.45, 2.75) is 18.4 Å². The Morgan fingerprint density at radius 1 is 1.00 bits per heavy atom. The zero-order chi connectivity index (χ0) is 17.9. The van der Waals surface area contributed by atoms with Gasteiger partial charge < -0.3 is 0 Å². The summed E-state index contributed by atoms with van der Waals surface area (Å²) in [6.45, 7) is 2.57. The fourth-order valence-corrected chi connectivity index (χ4v) is 4.37. The summed E-state index contributed by atoms with van der Waals surface area (Å²) in [6, 6.07) is 19.0. The molecule has 5 nitrogen and oxygen atoms in total. The summed E-state index contributed by atoms with van der Waals surface area (Å²) < 4.78 is 29.5. The Balaban J connectivity index is 2.02. The molecule has 1 aromatic heterocycles. The maximum atomic E-state index is 13.2. The fourth-order valence-electron chi connectivity index (χ4n) is 2.74. The van der Waals surface area contributed by atoms with Crippen molar-refractivity contribution in [2.24, 2.45) is 7.05 Å². The van der Waals surface area contributed by atoms with Crippen LogP contribution in [0.15, 0.2) is 71.8 Å². The van der Waals surface area contributed by atoms with E-state index in [2.05, 4.69) is 5.10 Å². The van der Waals surface area contributed by atoms with E-state index in [4.69, 9.17) is 0 Å². The van der Waals surface area contributed by atoms with Crippen molar-refractivity contribution in [1.29, 1.82) is 0 Å². The molecule has 0 unspecified atom stereocenters. The average molecular weight is 355 g/mol. The van der Waals surface area contributed by atoms with Crippen LogP contribution in [0, 0.1) is 0 Å². The van der Waals surface area contributed by atoms with Crippen molar-refractivity contribution in [3.8, 4) is 11.3 Å². The van der Waals surface area contributed by atoms with Crippen LogP contribution in [-0.4, -0.2) is 29.0 Å². The minimum absolute atomic E-state index is 0.235. The second-order valence-electron chi connectivity index (χ2n) is 5.80. The van der Waals surface area contributed by atoms with Crippen molar-refractivity contribution in [3.63, 3.8) is 0 Å². The molecule has 0 spiro atoms. The van der Waals surface area contributed by atoms with E-state index in [-0.39, 0.29) is 4.90 Å². The largest absolute Gasteiger partial charge is 0.274 e. The lowest BCUT2D eigenvalue weighted by atomic mass is 10.2. The van der Waals surface area contributed by atoms with Gasteiger partial charge >= 0.3 is 0 Å². The summed E-state index contributed by atoms with van der Waals surface area (Å²) in [5.41, 5.74) is 2.23. The van der Waals surface area contributed by atoms with E-state index >= 15 is 0 Å². The first-order chi connectivity index (χ1) is 12.0. The lowest BCUT2D eigenvalue weighted by Crippen LogP contribution is -2.30. The number of hydrogen-bond acceptors (Lipinski definition) is 3. The average Bonchev–Trinajstić information content (AvgIpc) is 3.04. The summed E-state index contributed by atoms with van der Waals surface area (Å²) in [5, 5.41) is 4.38. The third-order valence-electron chi connectivity index (χ3n) is 4.01. The number of aryl methyl sites for hydroxylation is 1. The molecule has 0 amide bonds. The maximum Gasteiger partial charge on any atom is 0.247 e. The molecule has 2 aromatic carbocycles. The molecule has 0 aliphatic rings. The molecule has 3 aromatic rings. The second-order valence-corrected chi connectivity index (χ2v) is 7.70. The minimum Gasteiger partial charge on any atom is -0.274 e. The molecule has 0 radical (unpaired) electrons. The van der Waals surface area contributed by atoms with Gasteiger partial charge in [-0.25, -0.2) is 8.42 Å². The third-order valence-corrected chi connectivity index (χ3v) is 5.94. The number of aromatic nitrogens is 2. The van der Waals surface area contributed by atoms with Crippen molar-refractivity contribution < 1.29 is 8.42 Å². The molecule has 0 saturated carbocycles.